The second kappa shape index (κ2) is 9.08. The predicted octanol–water partition coefficient (Wildman–Crippen LogP) is 4.39. The van der Waals surface area contributed by atoms with Crippen LogP contribution in [-0.2, 0) is 9.59 Å². The topological polar surface area (TPSA) is 125 Å². The zero-order chi connectivity index (χ0) is 26.3. The standard InChI is InChI=1S/C27H21N5O5/c1-30-22(26(34)31(2)27(30)35)14-16-8-10-18(11-9-16)28-24(17-6-4-3-5-7-17)23-20-15-19(32(36)37)12-13-21(20)29-25(23)33/h3-15,28H,1-2H3,(H,29,33). The van der Waals surface area contributed by atoms with Gasteiger partial charge < -0.3 is 10.6 Å². The number of nitro benzene ring substituents is 1. The Bertz CT molecular complexity index is 1530. The van der Waals surface area contributed by atoms with Gasteiger partial charge in [-0.25, -0.2) is 4.79 Å². The summed E-state index contributed by atoms with van der Waals surface area (Å²) >= 11 is 0. The minimum atomic E-state index is -0.499. The zero-order valence-electron chi connectivity index (χ0n) is 19.9. The van der Waals surface area contributed by atoms with Crippen LogP contribution in [0.2, 0.25) is 0 Å². The summed E-state index contributed by atoms with van der Waals surface area (Å²) in [7, 11) is 2.97. The van der Waals surface area contributed by atoms with Crippen LogP contribution in [0, 0.1) is 10.1 Å². The third-order valence-electron chi connectivity index (χ3n) is 6.21. The van der Waals surface area contributed by atoms with Gasteiger partial charge >= 0.3 is 6.03 Å². The van der Waals surface area contributed by atoms with Crippen LogP contribution >= 0.6 is 0 Å². The molecule has 0 saturated carbocycles. The monoisotopic (exact) mass is 495 g/mol. The van der Waals surface area contributed by atoms with Crippen LogP contribution in [0.3, 0.4) is 0 Å². The first-order chi connectivity index (χ1) is 17.7. The average Bonchev–Trinajstić information content (AvgIpc) is 3.32. The molecule has 2 aliphatic heterocycles. The van der Waals surface area contributed by atoms with Crippen LogP contribution in [0.15, 0.2) is 78.5 Å². The molecule has 0 bridgehead atoms. The Morgan fingerprint density at radius 1 is 0.946 bits per heavy atom. The molecule has 3 aromatic carbocycles. The van der Waals surface area contributed by atoms with Gasteiger partial charge in [0.05, 0.1) is 16.2 Å². The van der Waals surface area contributed by atoms with Gasteiger partial charge in [0.1, 0.15) is 5.70 Å². The summed E-state index contributed by atoms with van der Waals surface area (Å²) in [6.45, 7) is 0. The van der Waals surface area contributed by atoms with E-state index < -0.39 is 11.0 Å². The van der Waals surface area contributed by atoms with Gasteiger partial charge in [0.2, 0.25) is 0 Å². The molecule has 0 atom stereocenters. The fraction of sp³-hybridized carbons (Fsp3) is 0.0741. The molecule has 10 heteroatoms. The molecule has 37 heavy (non-hydrogen) atoms. The number of amides is 4. The minimum absolute atomic E-state index is 0.117. The van der Waals surface area contributed by atoms with Crippen LogP contribution < -0.4 is 10.6 Å². The van der Waals surface area contributed by atoms with E-state index in [1.807, 2.05) is 30.3 Å². The zero-order valence-corrected chi connectivity index (χ0v) is 19.9. The molecule has 0 unspecified atom stereocenters. The molecule has 5 rings (SSSR count). The van der Waals surface area contributed by atoms with E-state index in [0.29, 0.717) is 28.2 Å². The maximum atomic E-state index is 13.0. The lowest BCUT2D eigenvalue weighted by Gasteiger charge is -2.15. The first-order valence-corrected chi connectivity index (χ1v) is 11.3. The quantitative estimate of drug-likeness (QED) is 0.234. The number of non-ortho nitro benzene ring substituents is 1. The third kappa shape index (κ3) is 4.20. The summed E-state index contributed by atoms with van der Waals surface area (Å²) in [6.07, 6.45) is 1.63. The Morgan fingerprint density at radius 2 is 1.65 bits per heavy atom. The van der Waals surface area contributed by atoms with Crippen molar-refractivity contribution < 1.29 is 19.3 Å². The number of carbonyl (C=O) groups is 3. The van der Waals surface area contributed by atoms with Crippen molar-refractivity contribution in [1.29, 1.82) is 0 Å². The molecule has 2 N–H and O–H groups in total. The van der Waals surface area contributed by atoms with Crippen LogP contribution in [0.25, 0.3) is 17.3 Å². The van der Waals surface area contributed by atoms with E-state index in [-0.39, 0.29) is 28.8 Å². The van der Waals surface area contributed by atoms with Gasteiger partial charge in [-0.3, -0.25) is 29.5 Å². The normalized spacial score (nSPS) is 17.2. The van der Waals surface area contributed by atoms with Crippen molar-refractivity contribution in [3.8, 4) is 0 Å². The van der Waals surface area contributed by atoms with E-state index >= 15 is 0 Å². The highest BCUT2D eigenvalue weighted by atomic mass is 16.6. The molecule has 10 nitrogen and oxygen atoms in total. The lowest BCUT2D eigenvalue weighted by Crippen LogP contribution is -2.27. The number of fused-ring (bicyclic) bond motifs is 1. The number of nitro groups is 1. The molecule has 0 spiro atoms. The van der Waals surface area contributed by atoms with E-state index in [9.17, 15) is 24.5 Å². The highest BCUT2D eigenvalue weighted by molar-refractivity contribution is 6.37. The number of likely N-dealkylation sites (N-methyl/N-ethyl adjacent to an activating group) is 2. The van der Waals surface area contributed by atoms with E-state index in [0.717, 1.165) is 10.5 Å². The van der Waals surface area contributed by atoms with Crippen molar-refractivity contribution >= 4 is 52.3 Å². The van der Waals surface area contributed by atoms with E-state index in [4.69, 9.17) is 0 Å². The number of hydrogen-bond acceptors (Lipinski definition) is 6. The Morgan fingerprint density at radius 3 is 2.27 bits per heavy atom. The van der Waals surface area contributed by atoms with Gasteiger partial charge in [-0.05, 0) is 35.4 Å². The highest BCUT2D eigenvalue weighted by Gasteiger charge is 2.35. The molecule has 3 aromatic rings. The number of nitrogens with zero attached hydrogens (tertiary/aromatic N) is 3. The summed E-state index contributed by atoms with van der Waals surface area (Å²) < 4.78 is 0. The molecule has 1 fully saturated rings. The van der Waals surface area contributed by atoms with Crippen LogP contribution in [0.5, 0.6) is 0 Å². The van der Waals surface area contributed by atoms with Gasteiger partial charge in [0.15, 0.2) is 0 Å². The van der Waals surface area contributed by atoms with Crippen molar-refractivity contribution in [2.75, 3.05) is 24.7 Å². The fourth-order valence-corrected chi connectivity index (χ4v) is 4.25. The molecule has 4 amide bonds. The molecule has 0 aliphatic carbocycles. The largest absolute Gasteiger partial charge is 0.354 e. The van der Waals surface area contributed by atoms with E-state index in [1.165, 1.54) is 30.1 Å². The number of nitrogens with one attached hydrogen (secondary N) is 2. The number of urea groups is 1. The second-order valence-electron chi connectivity index (χ2n) is 8.54. The van der Waals surface area contributed by atoms with Crippen molar-refractivity contribution in [2.45, 2.75) is 0 Å². The van der Waals surface area contributed by atoms with Gasteiger partial charge in [0, 0.05) is 43.2 Å². The summed E-state index contributed by atoms with van der Waals surface area (Å²) in [5.41, 5.74) is 3.93. The van der Waals surface area contributed by atoms with Crippen molar-refractivity contribution in [2.24, 2.45) is 0 Å². The lowest BCUT2D eigenvalue weighted by molar-refractivity contribution is -0.384. The van der Waals surface area contributed by atoms with Crippen molar-refractivity contribution in [3.05, 3.63) is 105 Å². The Hall–Kier alpha value is -5.25. The third-order valence-corrected chi connectivity index (χ3v) is 6.21. The summed E-state index contributed by atoms with van der Waals surface area (Å²) in [4.78, 5) is 50.6. The summed E-state index contributed by atoms with van der Waals surface area (Å²) in [5, 5.41) is 17.4. The van der Waals surface area contributed by atoms with Crippen LogP contribution in [0.4, 0.5) is 21.9 Å². The van der Waals surface area contributed by atoms with Gasteiger partial charge in [-0.15, -0.1) is 0 Å². The summed E-state index contributed by atoms with van der Waals surface area (Å²) in [6, 6.07) is 20.2. The molecule has 2 heterocycles. The number of anilines is 2. The van der Waals surface area contributed by atoms with Crippen LogP contribution in [0.1, 0.15) is 16.7 Å². The van der Waals surface area contributed by atoms with Gasteiger partial charge in [-0.1, -0.05) is 42.5 Å². The maximum absolute atomic E-state index is 13.0. The molecular formula is C27H21N5O5. The van der Waals surface area contributed by atoms with Crippen molar-refractivity contribution in [1.82, 2.24) is 9.80 Å². The molecule has 1 saturated heterocycles. The molecule has 0 radical (unpaired) electrons. The number of hydrogen-bond donors (Lipinski definition) is 2. The fourth-order valence-electron chi connectivity index (χ4n) is 4.25. The SMILES string of the molecule is CN1C(=O)C(=Cc2ccc(NC(=C3C(=O)Nc4ccc([N+](=O)[O-])cc43)c3ccccc3)cc2)N(C)C1=O. The number of benzene rings is 3. The first kappa shape index (κ1) is 23.5. The maximum Gasteiger partial charge on any atom is 0.331 e. The molecule has 2 aliphatic rings. The van der Waals surface area contributed by atoms with Gasteiger partial charge in [0.25, 0.3) is 17.5 Å². The number of carbonyl (C=O) groups excluding carboxylic acids is 3. The smallest absolute Gasteiger partial charge is 0.331 e. The predicted molar refractivity (Wildman–Crippen MR) is 139 cm³/mol. The first-order valence-electron chi connectivity index (χ1n) is 11.3. The van der Waals surface area contributed by atoms with E-state index in [1.54, 1.807) is 37.4 Å². The molecular weight excluding hydrogens is 474 g/mol. The molecule has 184 valence electrons. The number of imide groups is 1. The van der Waals surface area contributed by atoms with Gasteiger partial charge in [-0.2, -0.15) is 0 Å². The Labute approximate surface area is 211 Å². The number of rotatable bonds is 5. The lowest BCUT2D eigenvalue weighted by atomic mass is 9.99. The average molecular weight is 495 g/mol. The highest BCUT2D eigenvalue weighted by Crippen LogP contribution is 2.39. The van der Waals surface area contributed by atoms with Crippen LogP contribution in [-0.4, -0.2) is 46.7 Å². The second-order valence-corrected chi connectivity index (χ2v) is 8.54. The van der Waals surface area contributed by atoms with E-state index in [2.05, 4.69) is 10.6 Å². The summed E-state index contributed by atoms with van der Waals surface area (Å²) in [5.74, 6) is -0.759. The molecule has 0 aromatic heterocycles. The van der Waals surface area contributed by atoms with Crippen molar-refractivity contribution in [3.63, 3.8) is 0 Å². The minimum Gasteiger partial charge on any atom is -0.354 e. The Balaban J connectivity index is 1.54. The Kier molecular flexibility index (Phi) is 5.76.